The van der Waals surface area contributed by atoms with Crippen LogP contribution in [0, 0.1) is 0 Å². The first-order chi connectivity index (χ1) is 9.62. The summed E-state index contributed by atoms with van der Waals surface area (Å²) in [6.45, 7) is 2.27. The summed E-state index contributed by atoms with van der Waals surface area (Å²) in [4.78, 5) is 0. The third-order valence-electron chi connectivity index (χ3n) is 3.03. The molecule has 0 saturated heterocycles. The third kappa shape index (κ3) is 6.84. The fraction of sp³-hybridized carbons (Fsp3) is 0.571. The number of rotatable bonds is 6. The summed E-state index contributed by atoms with van der Waals surface area (Å²) >= 11 is 0. The zero-order chi connectivity index (χ0) is 16.1. The number of hydrogen-bond acceptors (Lipinski definition) is 1. The van der Waals surface area contributed by atoms with Crippen molar-refractivity contribution in [2.24, 2.45) is 0 Å². The van der Waals surface area contributed by atoms with Gasteiger partial charge in [-0.15, -0.1) is 0 Å². The number of nitrogens with one attached hydrogen (secondary N) is 1. The van der Waals surface area contributed by atoms with Gasteiger partial charge in [-0.1, -0.05) is 19.1 Å². The van der Waals surface area contributed by atoms with Crippen LogP contribution < -0.4 is 5.32 Å². The van der Waals surface area contributed by atoms with Crippen molar-refractivity contribution in [2.75, 3.05) is 6.54 Å². The van der Waals surface area contributed by atoms with Crippen molar-refractivity contribution >= 4 is 0 Å². The minimum Gasteiger partial charge on any atom is -0.314 e. The fourth-order valence-electron chi connectivity index (χ4n) is 2.02. The van der Waals surface area contributed by atoms with Crippen LogP contribution in [0.2, 0.25) is 0 Å². The molecule has 7 heteroatoms. The Kier molecular flexibility index (Phi) is 6.07. The molecule has 0 saturated carbocycles. The number of likely N-dealkylation sites (N-methyl/N-ethyl adjacent to an activating group) is 1. The Labute approximate surface area is 119 Å². The Morgan fingerprint density at radius 2 is 1.57 bits per heavy atom. The lowest BCUT2D eigenvalue weighted by Gasteiger charge is -2.19. The first-order valence-electron chi connectivity index (χ1n) is 6.58. The van der Waals surface area contributed by atoms with Crippen LogP contribution in [0.1, 0.15) is 30.9 Å². The first-order valence-corrected chi connectivity index (χ1v) is 6.58. The molecule has 0 aliphatic rings. The van der Waals surface area contributed by atoms with E-state index >= 15 is 0 Å². The van der Waals surface area contributed by atoms with Gasteiger partial charge in [0, 0.05) is 12.5 Å². The van der Waals surface area contributed by atoms with E-state index in [0.717, 1.165) is 12.1 Å². The summed E-state index contributed by atoms with van der Waals surface area (Å²) < 4.78 is 73.9. The Hall–Kier alpha value is -1.24. The average Bonchev–Trinajstić information content (AvgIpc) is 2.35. The Bertz CT molecular complexity index is 421. The van der Waals surface area contributed by atoms with Gasteiger partial charge in [-0.25, -0.2) is 0 Å². The molecule has 120 valence electrons. The van der Waals surface area contributed by atoms with Gasteiger partial charge in [0.2, 0.25) is 0 Å². The largest absolute Gasteiger partial charge is 0.416 e. The highest BCUT2D eigenvalue weighted by atomic mass is 19.4. The molecule has 0 aliphatic heterocycles. The van der Waals surface area contributed by atoms with Crippen molar-refractivity contribution < 1.29 is 26.3 Å². The lowest BCUT2D eigenvalue weighted by molar-refractivity contribution is -0.138. The maximum Gasteiger partial charge on any atom is 0.416 e. The van der Waals surface area contributed by atoms with Crippen molar-refractivity contribution in [3.05, 3.63) is 35.4 Å². The third-order valence-corrected chi connectivity index (χ3v) is 3.03. The number of hydrogen-bond donors (Lipinski definition) is 1. The van der Waals surface area contributed by atoms with E-state index in [-0.39, 0.29) is 12.8 Å². The first kappa shape index (κ1) is 17.8. The van der Waals surface area contributed by atoms with E-state index in [9.17, 15) is 26.3 Å². The number of alkyl halides is 6. The van der Waals surface area contributed by atoms with Crippen molar-refractivity contribution in [3.8, 4) is 0 Å². The molecule has 0 heterocycles. The summed E-state index contributed by atoms with van der Waals surface area (Å²) in [5.41, 5.74) is -0.183. The smallest absolute Gasteiger partial charge is 0.314 e. The molecule has 0 fully saturated rings. The van der Waals surface area contributed by atoms with Crippen LogP contribution in [-0.2, 0) is 12.6 Å². The lowest BCUT2D eigenvalue weighted by Crippen LogP contribution is -2.32. The highest BCUT2D eigenvalue weighted by Gasteiger charge is 2.30. The number of halogens is 6. The van der Waals surface area contributed by atoms with Gasteiger partial charge in [-0.05, 0) is 37.1 Å². The standard InChI is InChI=1S/C14H17F6N/c1-2-21-12(7-8-13(15,16)17)9-10-3-5-11(6-4-10)14(18,19)20/h3-6,12,21H,2,7-9H2,1H3. The summed E-state index contributed by atoms with van der Waals surface area (Å²) in [7, 11) is 0. The SMILES string of the molecule is CCNC(CCC(F)(F)F)Cc1ccc(C(F)(F)F)cc1. The van der Waals surface area contributed by atoms with E-state index in [2.05, 4.69) is 5.32 Å². The minimum absolute atomic E-state index is 0.0988. The van der Waals surface area contributed by atoms with Gasteiger partial charge < -0.3 is 5.32 Å². The maximum absolute atomic E-state index is 12.4. The van der Waals surface area contributed by atoms with E-state index in [1.807, 2.05) is 0 Å². The lowest BCUT2D eigenvalue weighted by atomic mass is 10.0. The summed E-state index contributed by atoms with van der Waals surface area (Å²) in [5.74, 6) is 0. The molecular weight excluding hydrogens is 296 g/mol. The quantitative estimate of drug-likeness (QED) is 0.759. The van der Waals surface area contributed by atoms with Crippen molar-refractivity contribution in [1.29, 1.82) is 0 Å². The normalized spacial score (nSPS) is 14.2. The zero-order valence-corrected chi connectivity index (χ0v) is 11.5. The van der Waals surface area contributed by atoms with E-state index < -0.39 is 30.4 Å². The molecule has 0 radical (unpaired) electrons. The Balaban J connectivity index is 2.66. The van der Waals surface area contributed by atoms with Crippen LogP contribution in [-0.4, -0.2) is 18.8 Å². The predicted octanol–water partition coefficient (Wildman–Crippen LogP) is 4.57. The van der Waals surface area contributed by atoms with Crippen molar-refractivity contribution in [1.82, 2.24) is 5.32 Å². The molecule has 1 aromatic rings. The number of benzene rings is 1. The van der Waals surface area contributed by atoms with Crippen molar-refractivity contribution in [2.45, 2.75) is 44.6 Å². The fourth-order valence-corrected chi connectivity index (χ4v) is 2.02. The van der Waals surface area contributed by atoms with Crippen LogP contribution in [0.3, 0.4) is 0 Å². The molecule has 1 atom stereocenters. The topological polar surface area (TPSA) is 12.0 Å². The van der Waals surface area contributed by atoms with Crippen LogP contribution in [0.25, 0.3) is 0 Å². The zero-order valence-electron chi connectivity index (χ0n) is 11.5. The Morgan fingerprint density at radius 1 is 1.00 bits per heavy atom. The molecule has 0 spiro atoms. The van der Waals surface area contributed by atoms with E-state index in [0.29, 0.717) is 12.1 Å². The highest BCUT2D eigenvalue weighted by Crippen LogP contribution is 2.29. The van der Waals surface area contributed by atoms with Gasteiger partial charge in [0.25, 0.3) is 0 Å². The van der Waals surface area contributed by atoms with Gasteiger partial charge in [0.05, 0.1) is 5.56 Å². The molecule has 21 heavy (non-hydrogen) atoms. The average molecular weight is 313 g/mol. The predicted molar refractivity (Wildman–Crippen MR) is 67.9 cm³/mol. The molecule has 0 aliphatic carbocycles. The molecule has 0 bridgehead atoms. The highest BCUT2D eigenvalue weighted by molar-refractivity contribution is 5.25. The molecule has 0 aromatic heterocycles. The van der Waals surface area contributed by atoms with Gasteiger partial charge in [0.1, 0.15) is 0 Å². The molecule has 1 aromatic carbocycles. The van der Waals surface area contributed by atoms with Crippen LogP contribution in [0.15, 0.2) is 24.3 Å². The van der Waals surface area contributed by atoms with Gasteiger partial charge in [0.15, 0.2) is 0 Å². The second-order valence-corrected chi connectivity index (χ2v) is 4.81. The molecule has 0 amide bonds. The monoisotopic (exact) mass is 313 g/mol. The summed E-state index contributed by atoms with van der Waals surface area (Å²) in [6.07, 6.45) is -9.38. The molecule has 1 unspecified atom stereocenters. The summed E-state index contributed by atoms with van der Waals surface area (Å²) in [6, 6.07) is 4.10. The molecule has 1 nitrogen and oxygen atoms in total. The molecular formula is C14H17F6N. The van der Waals surface area contributed by atoms with Crippen LogP contribution >= 0.6 is 0 Å². The van der Waals surface area contributed by atoms with Gasteiger partial charge in [-0.3, -0.25) is 0 Å². The molecule has 1 rings (SSSR count). The molecule has 1 N–H and O–H groups in total. The van der Waals surface area contributed by atoms with Crippen LogP contribution in [0.5, 0.6) is 0 Å². The van der Waals surface area contributed by atoms with E-state index in [1.54, 1.807) is 6.92 Å². The van der Waals surface area contributed by atoms with E-state index in [1.165, 1.54) is 12.1 Å². The van der Waals surface area contributed by atoms with Gasteiger partial charge >= 0.3 is 12.4 Å². The van der Waals surface area contributed by atoms with Crippen molar-refractivity contribution in [3.63, 3.8) is 0 Å². The van der Waals surface area contributed by atoms with E-state index in [4.69, 9.17) is 0 Å². The minimum atomic E-state index is -4.41. The van der Waals surface area contributed by atoms with Gasteiger partial charge in [-0.2, -0.15) is 26.3 Å². The maximum atomic E-state index is 12.4. The second-order valence-electron chi connectivity index (χ2n) is 4.81. The Morgan fingerprint density at radius 3 is 2.00 bits per heavy atom. The second kappa shape index (κ2) is 7.15. The summed E-state index contributed by atoms with van der Waals surface area (Å²) in [5, 5.41) is 2.93. The van der Waals surface area contributed by atoms with Crippen LogP contribution in [0.4, 0.5) is 26.3 Å².